The highest BCUT2D eigenvalue weighted by atomic mass is 32.2. The molecule has 1 amide bonds. The van der Waals surface area contributed by atoms with Crippen molar-refractivity contribution < 1.29 is 9.53 Å². The Morgan fingerprint density at radius 2 is 2.04 bits per heavy atom. The zero-order valence-electron chi connectivity index (χ0n) is 14.3. The number of carbonyl (C=O) groups excluding carboxylic acids is 1. The minimum atomic E-state index is 0.199. The molecule has 6 heteroatoms. The smallest absolute Gasteiger partial charge is 0.232 e. The summed E-state index contributed by atoms with van der Waals surface area (Å²) in [5.41, 5.74) is 8.15. The van der Waals surface area contributed by atoms with Gasteiger partial charge in [0.1, 0.15) is 5.75 Å². The molecule has 3 N–H and O–H groups in total. The second kappa shape index (κ2) is 9.57. The van der Waals surface area contributed by atoms with Crippen LogP contribution in [0.25, 0.3) is 0 Å². The van der Waals surface area contributed by atoms with E-state index < -0.39 is 0 Å². The number of benzene rings is 1. The van der Waals surface area contributed by atoms with E-state index in [1.807, 2.05) is 30.0 Å². The second-order valence-corrected chi connectivity index (χ2v) is 6.99. The third kappa shape index (κ3) is 5.74. The third-order valence-electron chi connectivity index (χ3n) is 4.04. The summed E-state index contributed by atoms with van der Waals surface area (Å²) in [5, 5.41) is 8.14. The van der Waals surface area contributed by atoms with Gasteiger partial charge in [-0.3, -0.25) is 4.79 Å². The maximum absolute atomic E-state index is 12.1. The van der Waals surface area contributed by atoms with Crippen LogP contribution in [-0.2, 0) is 11.2 Å². The first-order valence-electron chi connectivity index (χ1n) is 8.53. The molecule has 24 heavy (non-hydrogen) atoms. The largest absolute Gasteiger partial charge is 0.494 e. The van der Waals surface area contributed by atoms with Crippen LogP contribution >= 0.6 is 11.8 Å². The number of nitrogen functional groups attached to an aromatic ring is 1. The Hall–Kier alpha value is -1.69. The van der Waals surface area contributed by atoms with Crippen molar-refractivity contribution in [2.24, 2.45) is 0 Å². The van der Waals surface area contributed by atoms with Crippen LogP contribution in [0.15, 0.2) is 18.2 Å². The molecule has 5 nitrogen and oxygen atoms in total. The van der Waals surface area contributed by atoms with Gasteiger partial charge in [0.05, 0.1) is 12.4 Å². The predicted octanol–water partition coefficient (Wildman–Crippen LogP) is 2.98. The summed E-state index contributed by atoms with van der Waals surface area (Å²) in [6.45, 7) is 4.32. The molecule has 2 rings (SSSR count). The molecule has 0 aromatic heterocycles. The summed E-state index contributed by atoms with van der Waals surface area (Å²) >= 11 is 1.51. The lowest BCUT2D eigenvalue weighted by molar-refractivity contribution is -0.129. The van der Waals surface area contributed by atoms with E-state index in [0.29, 0.717) is 35.9 Å². The van der Waals surface area contributed by atoms with Crippen molar-refractivity contribution in [3.05, 3.63) is 23.8 Å². The maximum atomic E-state index is 12.1. The fourth-order valence-corrected chi connectivity index (χ4v) is 3.58. The van der Waals surface area contributed by atoms with Gasteiger partial charge in [0.2, 0.25) is 5.91 Å². The number of ether oxygens (including phenoxy) is 1. The average molecular weight is 350 g/mol. The lowest BCUT2D eigenvalue weighted by Gasteiger charge is -2.26. The number of nitrogens with zero attached hydrogens (tertiary/aromatic N) is 1. The Bertz CT molecular complexity index is 571. The molecule has 0 bridgehead atoms. The van der Waals surface area contributed by atoms with Gasteiger partial charge < -0.3 is 20.8 Å². The molecule has 1 fully saturated rings. The van der Waals surface area contributed by atoms with E-state index in [1.54, 1.807) is 0 Å². The zero-order chi connectivity index (χ0) is 17.4. The van der Waals surface area contributed by atoms with Crippen molar-refractivity contribution in [1.29, 1.82) is 5.41 Å². The molecule has 1 heterocycles. The molecule has 1 aliphatic heterocycles. The lowest BCUT2D eigenvalue weighted by atomic mass is 10.1. The highest BCUT2D eigenvalue weighted by molar-refractivity contribution is 8.00. The van der Waals surface area contributed by atoms with Gasteiger partial charge in [0.15, 0.2) is 0 Å². The summed E-state index contributed by atoms with van der Waals surface area (Å²) < 4.78 is 5.48. The van der Waals surface area contributed by atoms with Crippen molar-refractivity contribution in [3.63, 3.8) is 0 Å². The van der Waals surface area contributed by atoms with Crippen LogP contribution in [0.5, 0.6) is 5.75 Å². The van der Waals surface area contributed by atoms with Gasteiger partial charge >= 0.3 is 0 Å². The van der Waals surface area contributed by atoms with E-state index in [4.69, 9.17) is 15.9 Å². The standard InChI is InChI=1S/C18H27N3O2S/c1-2-23-16-6-7-17(20)14(11-16)10-15(19)12-24-13-18(22)21-8-4-3-5-9-21/h6-7,11,19H,2-5,8-10,12-13,20H2,1H3. The number of amides is 1. The molecular formula is C18H27N3O2S. The summed E-state index contributed by atoms with van der Waals surface area (Å²) in [4.78, 5) is 14.1. The van der Waals surface area contributed by atoms with E-state index in [9.17, 15) is 4.79 Å². The van der Waals surface area contributed by atoms with Gasteiger partial charge in [-0.15, -0.1) is 11.8 Å². The predicted molar refractivity (Wildman–Crippen MR) is 101 cm³/mol. The van der Waals surface area contributed by atoms with Crippen molar-refractivity contribution >= 4 is 29.1 Å². The van der Waals surface area contributed by atoms with Gasteiger partial charge in [0, 0.05) is 36.7 Å². The molecular weight excluding hydrogens is 322 g/mol. The summed E-state index contributed by atoms with van der Waals surface area (Å²) in [6.07, 6.45) is 3.95. The highest BCUT2D eigenvalue weighted by Gasteiger charge is 2.16. The Labute approximate surface area is 148 Å². The fraction of sp³-hybridized carbons (Fsp3) is 0.556. The SMILES string of the molecule is CCOc1ccc(N)c(CC(=N)CSCC(=O)N2CCCCC2)c1. The fourth-order valence-electron chi connectivity index (χ4n) is 2.77. The van der Waals surface area contributed by atoms with Crippen LogP contribution < -0.4 is 10.5 Å². The van der Waals surface area contributed by atoms with Gasteiger partial charge in [-0.2, -0.15) is 0 Å². The molecule has 0 atom stereocenters. The number of rotatable bonds is 8. The van der Waals surface area contributed by atoms with E-state index in [1.165, 1.54) is 18.2 Å². The number of thioether (sulfide) groups is 1. The average Bonchev–Trinajstić information content (AvgIpc) is 2.59. The van der Waals surface area contributed by atoms with Crippen LogP contribution in [0.3, 0.4) is 0 Å². The Kier molecular flexibility index (Phi) is 7.43. The monoisotopic (exact) mass is 349 g/mol. The van der Waals surface area contributed by atoms with Gasteiger partial charge in [-0.05, 0) is 49.9 Å². The van der Waals surface area contributed by atoms with Crippen LogP contribution in [0.2, 0.25) is 0 Å². The lowest BCUT2D eigenvalue weighted by Crippen LogP contribution is -2.36. The first-order valence-corrected chi connectivity index (χ1v) is 9.68. The highest BCUT2D eigenvalue weighted by Crippen LogP contribution is 2.21. The first kappa shape index (κ1) is 18.6. The Balaban J connectivity index is 1.76. The molecule has 1 aromatic carbocycles. The molecule has 1 saturated heterocycles. The van der Waals surface area contributed by atoms with Crippen molar-refractivity contribution in [3.8, 4) is 5.75 Å². The molecule has 0 radical (unpaired) electrons. The van der Waals surface area contributed by atoms with Crippen LogP contribution in [-0.4, -0.2) is 47.7 Å². The van der Waals surface area contributed by atoms with Crippen LogP contribution in [0.4, 0.5) is 5.69 Å². The number of anilines is 1. The number of piperidine rings is 1. The van der Waals surface area contributed by atoms with E-state index in [-0.39, 0.29) is 5.91 Å². The molecule has 0 saturated carbocycles. The number of carbonyl (C=O) groups is 1. The Morgan fingerprint density at radius 3 is 2.75 bits per heavy atom. The number of hydrogen-bond acceptors (Lipinski definition) is 5. The molecule has 0 spiro atoms. The molecule has 1 aromatic rings. The Morgan fingerprint density at radius 1 is 1.29 bits per heavy atom. The van der Waals surface area contributed by atoms with Crippen molar-refractivity contribution in [2.75, 3.05) is 36.9 Å². The summed E-state index contributed by atoms with van der Waals surface area (Å²) in [6, 6.07) is 5.57. The van der Waals surface area contributed by atoms with E-state index in [2.05, 4.69) is 0 Å². The topological polar surface area (TPSA) is 79.4 Å². The maximum Gasteiger partial charge on any atom is 0.232 e. The molecule has 132 valence electrons. The number of hydrogen-bond donors (Lipinski definition) is 2. The van der Waals surface area contributed by atoms with E-state index in [0.717, 1.165) is 37.2 Å². The number of nitrogens with two attached hydrogens (primary N) is 1. The van der Waals surface area contributed by atoms with Crippen molar-refractivity contribution in [1.82, 2.24) is 4.90 Å². The van der Waals surface area contributed by atoms with Crippen molar-refractivity contribution in [2.45, 2.75) is 32.6 Å². The first-order chi connectivity index (χ1) is 11.6. The molecule has 0 unspecified atom stereocenters. The van der Waals surface area contributed by atoms with Crippen LogP contribution in [0.1, 0.15) is 31.7 Å². The number of likely N-dealkylation sites (tertiary alicyclic amines) is 1. The quantitative estimate of drug-likeness (QED) is 0.558. The number of nitrogens with one attached hydrogen (secondary N) is 1. The second-order valence-electron chi connectivity index (χ2n) is 6.01. The van der Waals surface area contributed by atoms with Crippen LogP contribution in [0, 0.1) is 5.41 Å². The summed E-state index contributed by atoms with van der Waals surface area (Å²) in [7, 11) is 0. The minimum absolute atomic E-state index is 0.199. The van der Waals surface area contributed by atoms with E-state index >= 15 is 0 Å². The molecule has 0 aliphatic carbocycles. The van der Waals surface area contributed by atoms with Gasteiger partial charge in [-0.25, -0.2) is 0 Å². The summed E-state index contributed by atoms with van der Waals surface area (Å²) in [5.74, 6) is 1.99. The normalized spacial score (nSPS) is 14.5. The molecule has 1 aliphatic rings. The third-order valence-corrected chi connectivity index (χ3v) is 5.04. The van der Waals surface area contributed by atoms with Gasteiger partial charge in [-0.1, -0.05) is 0 Å². The zero-order valence-corrected chi connectivity index (χ0v) is 15.2. The minimum Gasteiger partial charge on any atom is -0.494 e. The van der Waals surface area contributed by atoms with Gasteiger partial charge in [0.25, 0.3) is 0 Å².